The van der Waals surface area contributed by atoms with Gasteiger partial charge in [0, 0.05) is 18.0 Å². The smallest absolute Gasteiger partial charge is 0.132 e. The van der Waals surface area contributed by atoms with Gasteiger partial charge in [-0.2, -0.15) is 0 Å². The van der Waals surface area contributed by atoms with Gasteiger partial charge in [0.25, 0.3) is 0 Å². The third-order valence-corrected chi connectivity index (χ3v) is 3.07. The number of hydrogen-bond acceptors (Lipinski definition) is 3. The Labute approximate surface area is 114 Å². The van der Waals surface area contributed by atoms with Gasteiger partial charge in [-0.15, -0.1) is 0 Å². The van der Waals surface area contributed by atoms with Crippen LogP contribution >= 0.6 is 0 Å². The average molecular weight is 256 g/mol. The summed E-state index contributed by atoms with van der Waals surface area (Å²) in [6.45, 7) is 0.808. The maximum absolute atomic E-state index is 9.89. The van der Waals surface area contributed by atoms with Gasteiger partial charge in [0.05, 0.1) is 0 Å². The lowest BCUT2D eigenvalue weighted by Crippen LogP contribution is -2.22. The topological polar surface area (TPSA) is 45.1 Å². The van der Waals surface area contributed by atoms with Gasteiger partial charge in [-0.25, -0.2) is 0 Å². The molecular weight excluding hydrogens is 236 g/mol. The molecule has 19 heavy (non-hydrogen) atoms. The van der Waals surface area contributed by atoms with Crippen molar-refractivity contribution in [3.63, 3.8) is 0 Å². The lowest BCUT2D eigenvalue weighted by atomic mass is 10.1. The Morgan fingerprint density at radius 3 is 2.63 bits per heavy atom. The lowest BCUT2D eigenvalue weighted by molar-refractivity contribution is 0.138. The molecule has 1 atom stereocenters. The van der Waals surface area contributed by atoms with E-state index in [0.29, 0.717) is 0 Å². The number of aliphatic hydroxyl groups is 1. The number of aromatic nitrogens is 1. The fourth-order valence-electron chi connectivity index (χ4n) is 1.99. The van der Waals surface area contributed by atoms with Crippen LogP contribution in [0, 0.1) is 0 Å². The third-order valence-electron chi connectivity index (χ3n) is 3.07. The van der Waals surface area contributed by atoms with E-state index >= 15 is 0 Å². The zero-order valence-corrected chi connectivity index (χ0v) is 11.0. The zero-order valence-electron chi connectivity index (χ0n) is 11.0. The molecule has 100 valence electrons. The molecule has 0 aliphatic heterocycles. The Morgan fingerprint density at radius 1 is 1.05 bits per heavy atom. The maximum Gasteiger partial charge on any atom is 0.132 e. The summed E-state index contributed by atoms with van der Waals surface area (Å²) in [6, 6.07) is 14.2. The number of unbranched alkanes of at least 4 members (excludes halogenated alkanes) is 1. The van der Waals surface area contributed by atoms with Crippen molar-refractivity contribution < 1.29 is 5.11 Å². The lowest BCUT2D eigenvalue weighted by Gasteiger charge is -2.12. The molecule has 2 aromatic rings. The van der Waals surface area contributed by atoms with Gasteiger partial charge < -0.3 is 5.11 Å². The van der Waals surface area contributed by atoms with Crippen LogP contribution in [0.15, 0.2) is 54.9 Å². The Hall–Kier alpha value is -1.71. The monoisotopic (exact) mass is 256 g/mol. The first-order valence-electron chi connectivity index (χ1n) is 6.71. The van der Waals surface area contributed by atoms with E-state index in [1.165, 1.54) is 5.56 Å². The minimum Gasteiger partial charge on any atom is -0.374 e. The molecular formula is C16H20N2O. The molecule has 0 saturated carbocycles. The fourth-order valence-corrected chi connectivity index (χ4v) is 1.99. The highest BCUT2D eigenvalue weighted by molar-refractivity contribution is 5.14. The molecule has 0 radical (unpaired) electrons. The Balaban J connectivity index is 1.62. The van der Waals surface area contributed by atoms with Crippen molar-refractivity contribution in [3.8, 4) is 0 Å². The molecule has 0 bridgehead atoms. The Bertz CT molecular complexity index is 459. The van der Waals surface area contributed by atoms with Gasteiger partial charge >= 0.3 is 0 Å². The predicted molar refractivity (Wildman–Crippen MR) is 76.6 cm³/mol. The average Bonchev–Trinajstić information content (AvgIpc) is 2.49. The number of aryl methyl sites for hydroxylation is 1. The zero-order chi connectivity index (χ0) is 13.3. The molecule has 1 aromatic carbocycles. The van der Waals surface area contributed by atoms with E-state index < -0.39 is 6.23 Å². The first kappa shape index (κ1) is 13.7. The molecule has 3 heteroatoms. The van der Waals surface area contributed by atoms with Gasteiger partial charge in [0.2, 0.25) is 0 Å². The Kier molecular flexibility index (Phi) is 5.53. The highest BCUT2D eigenvalue weighted by atomic mass is 16.3. The molecule has 0 aliphatic rings. The highest BCUT2D eigenvalue weighted by Gasteiger charge is 2.04. The number of hydrogen-bond donors (Lipinski definition) is 2. The van der Waals surface area contributed by atoms with E-state index in [2.05, 4.69) is 34.6 Å². The molecule has 0 spiro atoms. The van der Waals surface area contributed by atoms with Crippen molar-refractivity contribution in [2.75, 3.05) is 6.54 Å². The van der Waals surface area contributed by atoms with Crippen LogP contribution in [0.3, 0.4) is 0 Å². The van der Waals surface area contributed by atoms with Crippen LogP contribution in [0.2, 0.25) is 0 Å². The standard InChI is InChI=1S/C16H20N2O/c19-16(15-10-6-11-17-13-15)18-12-5-4-9-14-7-2-1-3-8-14/h1-3,6-8,10-11,13,16,18-19H,4-5,9,12H2. The van der Waals surface area contributed by atoms with Gasteiger partial charge in [-0.3, -0.25) is 10.3 Å². The number of nitrogens with zero attached hydrogens (tertiary/aromatic N) is 1. The molecule has 2 rings (SSSR count). The van der Waals surface area contributed by atoms with E-state index in [0.717, 1.165) is 31.4 Å². The van der Waals surface area contributed by atoms with Crippen LogP contribution < -0.4 is 5.32 Å². The summed E-state index contributed by atoms with van der Waals surface area (Å²) in [6.07, 6.45) is 6.03. The third kappa shape index (κ3) is 4.81. The second kappa shape index (κ2) is 7.67. The largest absolute Gasteiger partial charge is 0.374 e. The number of aliphatic hydroxyl groups excluding tert-OH is 1. The van der Waals surface area contributed by atoms with Crippen molar-refractivity contribution in [2.45, 2.75) is 25.5 Å². The molecule has 0 fully saturated rings. The molecule has 1 heterocycles. The summed E-state index contributed by atoms with van der Waals surface area (Å²) >= 11 is 0. The van der Waals surface area contributed by atoms with Crippen LogP contribution in [0.25, 0.3) is 0 Å². The Morgan fingerprint density at radius 2 is 1.89 bits per heavy atom. The molecule has 3 nitrogen and oxygen atoms in total. The number of nitrogens with one attached hydrogen (secondary N) is 1. The molecule has 1 aromatic heterocycles. The van der Waals surface area contributed by atoms with Gasteiger partial charge in [-0.1, -0.05) is 36.4 Å². The van der Waals surface area contributed by atoms with Crippen LogP contribution in [-0.4, -0.2) is 16.6 Å². The van der Waals surface area contributed by atoms with Crippen LogP contribution in [0.4, 0.5) is 0 Å². The van der Waals surface area contributed by atoms with E-state index in [4.69, 9.17) is 0 Å². The predicted octanol–water partition coefficient (Wildman–Crippen LogP) is 2.69. The van der Waals surface area contributed by atoms with E-state index in [1.54, 1.807) is 12.4 Å². The highest BCUT2D eigenvalue weighted by Crippen LogP contribution is 2.08. The molecule has 0 saturated heterocycles. The van der Waals surface area contributed by atoms with Crippen molar-refractivity contribution >= 4 is 0 Å². The van der Waals surface area contributed by atoms with Crippen LogP contribution in [-0.2, 0) is 6.42 Å². The molecule has 1 unspecified atom stereocenters. The number of rotatable bonds is 7. The number of benzene rings is 1. The summed E-state index contributed by atoms with van der Waals surface area (Å²) in [5, 5.41) is 13.0. The SMILES string of the molecule is OC(NCCCCc1ccccc1)c1cccnc1. The minimum absolute atomic E-state index is 0.620. The van der Waals surface area contributed by atoms with Crippen LogP contribution in [0.5, 0.6) is 0 Å². The first-order chi connectivity index (χ1) is 9.36. The van der Waals surface area contributed by atoms with Crippen molar-refractivity contribution in [2.24, 2.45) is 0 Å². The quantitative estimate of drug-likeness (QED) is 0.591. The van der Waals surface area contributed by atoms with E-state index in [9.17, 15) is 5.11 Å². The maximum atomic E-state index is 9.89. The van der Waals surface area contributed by atoms with Gasteiger partial charge in [0.15, 0.2) is 0 Å². The molecule has 2 N–H and O–H groups in total. The summed E-state index contributed by atoms with van der Waals surface area (Å²) in [5.74, 6) is 0. The summed E-state index contributed by atoms with van der Waals surface area (Å²) < 4.78 is 0. The normalized spacial score (nSPS) is 12.3. The summed E-state index contributed by atoms with van der Waals surface area (Å²) in [4.78, 5) is 3.99. The van der Waals surface area contributed by atoms with Gasteiger partial charge in [-0.05, 0) is 37.4 Å². The fraction of sp³-hybridized carbons (Fsp3) is 0.312. The van der Waals surface area contributed by atoms with Crippen LogP contribution in [0.1, 0.15) is 30.2 Å². The van der Waals surface area contributed by atoms with Crippen molar-refractivity contribution in [1.82, 2.24) is 10.3 Å². The minimum atomic E-state index is -0.620. The van der Waals surface area contributed by atoms with E-state index in [1.807, 2.05) is 18.2 Å². The second-order valence-corrected chi connectivity index (χ2v) is 4.59. The number of pyridine rings is 1. The molecule has 0 amide bonds. The van der Waals surface area contributed by atoms with Crippen molar-refractivity contribution in [3.05, 3.63) is 66.0 Å². The van der Waals surface area contributed by atoms with Crippen molar-refractivity contribution in [1.29, 1.82) is 0 Å². The van der Waals surface area contributed by atoms with Gasteiger partial charge in [0.1, 0.15) is 6.23 Å². The summed E-state index contributed by atoms with van der Waals surface area (Å²) in [5.41, 5.74) is 2.18. The summed E-state index contributed by atoms with van der Waals surface area (Å²) in [7, 11) is 0. The molecule has 0 aliphatic carbocycles. The first-order valence-corrected chi connectivity index (χ1v) is 6.71. The van der Waals surface area contributed by atoms with E-state index in [-0.39, 0.29) is 0 Å². The second-order valence-electron chi connectivity index (χ2n) is 4.59.